The van der Waals surface area contributed by atoms with Crippen molar-refractivity contribution >= 4 is 29.1 Å². The largest absolute Gasteiger partial charge is 0.310 e. The van der Waals surface area contributed by atoms with Crippen molar-refractivity contribution in [1.29, 1.82) is 0 Å². The van der Waals surface area contributed by atoms with Crippen molar-refractivity contribution in [3.8, 4) is 0 Å². The first-order valence-electron chi connectivity index (χ1n) is 11.6. The molecule has 2 aromatic carbocycles. The minimum Gasteiger partial charge on any atom is -0.310 e. The Balaban J connectivity index is 1.56. The molecule has 6 heteroatoms. The maximum atomic E-state index is 14.1. The maximum Gasteiger partial charge on any atom is 0.253 e. The number of rotatable bonds is 2. The highest BCUT2D eigenvalue weighted by Crippen LogP contribution is 2.61. The number of carbonyl (C=O) groups is 3. The summed E-state index contributed by atoms with van der Waals surface area (Å²) in [5.74, 6) is -1.62. The van der Waals surface area contributed by atoms with Crippen LogP contribution in [0.2, 0.25) is 0 Å². The van der Waals surface area contributed by atoms with Gasteiger partial charge in [0.25, 0.3) is 5.91 Å². The third-order valence-corrected chi connectivity index (χ3v) is 8.21. The number of anilines is 2. The van der Waals surface area contributed by atoms with E-state index in [9.17, 15) is 14.4 Å². The van der Waals surface area contributed by atoms with Crippen molar-refractivity contribution in [3.05, 3.63) is 59.2 Å². The summed E-state index contributed by atoms with van der Waals surface area (Å²) in [6.45, 7) is 7.24. The summed E-state index contributed by atoms with van der Waals surface area (Å²) in [5, 5.41) is 0. The van der Waals surface area contributed by atoms with E-state index in [1.165, 1.54) is 4.90 Å². The average Bonchev–Trinajstić information content (AvgIpc) is 3.48. The zero-order valence-corrected chi connectivity index (χ0v) is 18.7. The van der Waals surface area contributed by atoms with Crippen LogP contribution in [0.25, 0.3) is 0 Å². The van der Waals surface area contributed by atoms with Gasteiger partial charge in [-0.25, -0.2) is 4.90 Å². The van der Waals surface area contributed by atoms with Crippen LogP contribution in [0.15, 0.2) is 42.5 Å². The van der Waals surface area contributed by atoms with E-state index in [1.54, 1.807) is 4.90 Å². The van der Waals surface area contributed by atoms with Crippen molar-refractivity contribution in [2.45, 2.75) is 45.2 Å². The van der Waals surface area contributed by atoms with Crippen molar-refractivity contribution in [3.63, 3.8) is 0 Å². The quantitative estimate of drug-likeness (QED) is 0.688. The van der Waals surface area contributed by atoms with E-state index in [2.05, 4.69) is 4.90 Å². The van der Waals surface area contributed by atoms with E-state index >= 15 is 0 Å². The summed E-state index contributed by atoms with van der Waals surface area (Å²) in [6, 6.07) is 13.4. The van der Waals surface area contributed by atoms with Gasteiger partial charge in [0.15, 0.2) is 0 Å². The van der Waals surface area contributed by atoms with Gasteiger partial charge in [-0.1, -0.05) is 24.3 Å². The predicted octanol–water partition coefficient (Wildman–Crippen LogP) is 3.15. The van der Waals surface area contributed by atoms with Gasteiger partial charge in [-0.15, -0.1) is 0 Å². The molecular formula is C26H27N3O3. The third kappa shape index (κ3) is 2.11. The Labute approximate surface area is 187 Å². The molecule has 4 aliphatic rings. The Morgan fingerprint density at radius 3 is 2.53 bits per heavy atom. The van der Waals surface area contributed by atoms with Gasteiger partial charge in [0, 0.05) is 23.8 Å². The molecule has 0 aliphatic carbocycles. The van der Waals surface area contributed by atoms with E-state index in [1.807, 2.05) is 63.2 Å². The van der Waals surface area contributed by atoms with Crippen LogP contribution in [0.5, 0.6) is 0 Å². The summed E-state index contributed by atoms with van der Waals surface area (Å²) in [6.07, 6.45) is 1.77. The van der Waals surface area contributed by atoms with Gasteiger partial charge < -0.3 is 4.90 Å². The second-order valence-corrected chi connectivity index (χ2v) is 9.52. The predicted molar refractivity (Wildman–Crippen MR) is 121 cm³/mol. The lowest BCUT2D eigenvalue weighted by Gasteiger charge is -2.37. The van der Waals surface area contributed by atoms with Gasteiger partial charge in [0.1, 0.15) is 5.54 Å². The zero-order chi connectivity index (χ0) is 22.4. The first kappa shape index (κ1) is 19.7. The van der Waals surface area contributed by atoms with Gasteiger partial charge in [0.2, 0.25) is 11.8 Å². The molecule has 6 nitrogen and oxygen atoms in total. The standard InChI is InChI=1S/C26H27N3O3/c1-4-27-19-9-6-5-8-18(19)26(25(27)32)22-21(20-10-7-13-28(20)26)23(30)29(24(22)31)17-12-11-15(2)16(3)14-17/h5-6,8-9,11-12,14,20-22H,4,7,10,13H2,1-3H3/t20-,21-,22-,26-/m0/s1. The molecule has 4 atom stereocenters. The topological polar surface area (TPSA) is 60.9 Å². The van der Waals surface area contributed by atoms with Gasteiger partial charge in [-0.3, -0.25) is 19.3 Å². The van der Waals surface area contributed by atoms with E-state index in [4.69, 9.17) is 0 Å². The molecule has 4 aliphatic heterocycles. The normalized spacial score (nSPS) is 31.1. The highest BCUT2D eigenvalue weighted by atomic mass is 16.2. The number of nitrogens with zero attached hydrogens (tertiary/aromatic N) is 3. The number of para-hydroxylation sites is 1. The molecule has 32 heavy (non-hydrogen) atoms. The number of fused-ring (bicyclic) bond motifs is 7. The molecule has 4 heterocycles. The van der Waals surface area contributed by atoms with Crippen LogP contribution in [0, 0.1) is 25.7 Å². The Kier molecular flexibility index (Phi) is 4.01. The second kappa shape index (κ2) is 6.51. The molecule has 0 unspecified atom stereocenters. The molecule has 0 bridgehead atoms. The van der Waals surface area contributed by atoms with Crippen molar-refractivity contribution in [2.75, 3.05) is 22.9 Å². The molecule has 1 spiro atoms. The van der Waals surface area contributed by atoms with Gasteiger partial charge in [-0.2, -0.15) is 0 Å². The van der Waals surface area contributed by atoms with Crippen molar-refractivity contribution in [2.24, 2.45) is 11.8 Å². The third-order valence-electron chi connectivity index (χ3n) is 8.21. The lowest BCUT2D eigenvalue weighted by Crippen LogP contribution is -2.56. The molecule has 2 aromatic rings. The number of hydrogen-bond donors (Lipinski definition) is 0. The molecule has 0 N–H and O–H groups in total. The highest BCUT2D eigenvalue weighted by Gasteiger charge is 2.75. The minimum atomic E-state index is -1.08. The van der Waals surface area contributed by atoms with Crippen LogP contribution in [-0.4, -0.2) is 41.8 Å². The summed E-state index contributed by atoms with van der Waals surface area (Å²) in [4.78, 5) is 47.3. The summed E-state index contributed by atoms with van der Waals surface area (Å²) < 4.78 is 0. The molecule has 164 valence electrons. The number of carbonyl (C=O) groups excluding carboxylic acids is 3. The second-order valence-electron chi connectivity index (χ2n) is 9.52. The van der Waals surface area contributed by atoms with Gasteiger partial charge in [0.05, 0.1) is 17.5 Å². The number of amides is 3. The van der Waals surface area contributed by atoms with Crippen LogP contribution in [-0.2, 0) is 19.9 Å². The zero-order valence-electron chi connectivity index (χ0n) is 18.7. The fraction of sp³-hybridized carbons (Fsp3) is 0.423. The van der Waals surface area contributed by atoms with Crippen molar-refractivity contribution < 1.29 is 14.4 Å². The number of hydrogen-bond acceptors (Lipinski definition) is 4. The Morgan fingerprint density at radius 1 is 1.00 bits per heavy atom. The van der Waals surface area contributed by atoms with E-state index < -0.39 is 17.4 Å². The van der Waals surface area contributed by atoms with Crippen LogP contribution >= 0.6 is 0 Å². The smallest absolute Gasteiger partial charge is 0.253 e. The molecule has 3 amide bonds. The summed E-state index contributed by atoms with van der Waals surface area (Å²) >= 11 is 0. The van der Waals surface area contributed by atoms with Crippen LogP contribution in [0.3, 0.4) is 0 Å². The minimum absolute atomic E-state index is 0.0521. The Hall–Kier alpha value is -2.99. The lowest BCUT2D eigenvalue weighted by molar-refractivity contribution is -0.137. The van der Waals surface area contributed by atoms with Gasteiger partial charge in [-0.05, 0) is 69.5 Å². The lowest BCUT2D eigenvalue weighted by atomic mass is 9.75. The molecule has 0 aromatic heterocycles. The van der Waals surface area contributed by atoms with Crippen LogP contribution in [0.4, 0.5) is 11.4 Å². The van der Waals surface area contributed by atoms with Gasteiger partial charge >= 0.3 is 0 Å². The highest BCUT2D eigenvalue weighted by molar-refractivity contribution is 6.26. The first-order chi connectivity index (χ1) is 15.4. The molecule has 0 radical (unpaired) electrons. The van der Waals surface area contributed by atoms with E-state index in [0.717, 1.165) is 41.8 Å². The fourth-order valence-corrected chi connectivity index (χ4v) is 6.77. The van der Waals surface area contributed by atoms with E-state index in [-0.39, 0.29) is 23.8 Å². The number of benzene rings is 2. The van der Waals surface area contributed by atoms with Crippen molar-refractivity contribution in [1.82, 2.24) is 4.90 Å². The maximum absolute atomic E-state index is 14.1. The number of likely N-dealkylation sites (N-methyl/N-ethyl adjacent to an activating group) is 1. The fourth-order valence-electron chi connectivity index (χ4n) is 6.77. The summed E-state index contributed by atoms with van der Waals surface area (Å²) in [7, 11) is 0. The van der Waals surface area contributed by atoms with E-state index in [0.29, 0.717) is 12.2 Å². The SMILES string of the molecule is CCN1C(=O)[C@]2(c3ccccc31)[C@@H]1C(=O)N(c3ccc(C)c(C)c3)C(=O)[C@H]1[C@@H]1CCCN12. The molecule has 6 rings (SSSR count). The molecule has 3 saturated heterocycles. The Morgan fingerprint density at radius 2 is 1.78 bits per heavy atom. The van der Waals surface area contributed by atoms with Crippen LogP contribution in [0.1, 0.15) is 36.5 Å². The molecule has 0 saturated carbocycles. The number of aryl methyl sites for hydroxylation is 2. The average molecular weight is 430 g/mol. The molecule has 3 fully saturated rings. The Bertz CT molecular complexity index is 1190. The first-order valence-corrected chi connectivity index (χ1v) is 11.6. The number of imide groups is 1. The molecular weight excluding hydrogens is 402 g/mol. The summed E-state index contributed by atoms with van der Waals surface area (Å²) in [5.41, 5.74) is 3.44. The monoisotopic (exact) mass is 429 g/mol. The van der Waals surface area contributed by atoms with Crippen LogP contribution < -0.4 is 9.80 Å².